The van der Waals surface area contributed by atoms with Crippen molar-refractivity contribution < 1.29 is 4.79 Å². The Morgan fingerprint density at radius 2 is 2.25 bits per heavy atom. The number of hydrogen-bond acceptors (Lipinski definition) is 3. The molecule has 4 N–H and O–H groups in total. The van der Waals surface area contributed by atoms with Crippen LogP contribution in [0.1, 0.15) is 13.3 Å². The lowest BCUT2D eigenvalue weighted by atomic mass is 10.2. The summed E-state index contributed by atoms with van der Waals surface area (Å²) in [6.45, 7) is 3.17. The molecule has 0 unspecified atom stereocenters. The number of amides is 1. The number of carbonyl (C=O) groups is 1. The van der Waals surface area contributed by atoms with Gasteiger partial charge in [0.05, 0.1) is 11.4 Å². The van der Waals surface area contributed by atoms with Crippen LogP contribution in [0.5, 0.6) is 0 Å². The molecule has 0 spiro atoms. The largest absolute Gasteiger partial charge is 0.397 e. The molecule has 16 heavy (non-hydrogen) atoms. The Kier molecular flexibility index (Phi) is 5.37. The highest BCUT2D eigenvalue weighted by molar-refractivity contribution is 14.1. The maximum Gasteiger partial charge on any atom is 0.221 e. The van der Waals surface area contributed by atoms with Crippen molar-refractivity contribution in [3.8, 4) is 0 Å². The highest BCUT2D eigenvalue weighted by Crippen LogP contribution is 2.20. The van der Waals surface area contributed by atoms with Gasteiger partial charge < -0.3 is 16.4 Å². The molecule has 4 nitrogen and oxygen atoms in total. The molecule has 0 bridgehead atoms. The summed E-state index contributed by atoms with van der Waals surface area (Å²) in [5, 5.41) is 5.88. The van der Waals surface area contributed by atoms with Crippen molar-refractivity contribution in [1.29, 1.82) is 0 Å². The van der Waals surface area contributed by atoms with Crippen molar-refractivity contribution >= 4 is 39.9 Å². The second kappa shape index (κ2) is 6.57. The van der Waals surface area contributed by atoms with Crippen LogP contribution in [0.15, 0.2) is 18.2 Å². The lowest BCUT2D eigenvalue weighted by molar-refractivity contribution is -0.120. The first-order valence-corrected chi connectivity index (χ1v) is 6.27. The van der Waals surface area contributed by atoms with Gasteiger partial charge in [-0.15, -0.1) is 0 Å². The number of nitrogens with two attached hydrogens (primary N) is 1. The van der Waals surface area contributed by atoms with Crippen LogP contribution >= 0.6 is 22.6 Å². The van der Waals surface area contributed by atoms with Gasteiger partial charge >= 0.3 is 0 Å². The van der Waals surface area contributed by atoms with Crippen molar-refractivity contribution in [3.05, 3.63) is 21.8 Å². The minimum Gasteiger partial charge on any atom is -0.397 e. The molecule has 1 aromatic carbocycles. The minimum absolute atomic E-state index is 0.0547. The number of nitrogen functional groups attached to an aromatic ring is 1. The van der Waals surface area contributed by atoms with E-state index < -0.39 is 0 Å². The van der Waals surface area contributed by atoms with Crippen molar-refractivity contribution in [3.63, 3.8) is 0 Å². The van der Waals surface area contributed by atoms with Gasteiger partial charge in [0.25, 0.3) is 0 Å². The van der Waals surface area contributed by atoms with E-state index in [-0.39, 0.29) is 5.91 Å². The quantitative estimate of drug-likeness (QED) is 0.569. The second-order valence-electron chi connectivity index (χ2n) is 3.36. The zero-order chi connectivity index (χ0) is 12.0. The van der Waals surface area contributed by atoms with Crippen LogP contribution < -0.4 is 16.4 Å². The first-order chi connectivity index (χ1) is 7.63. The lowest BCUT2D eigenvalue weighted by Crippen LogP contribution is -2.24. The molecule has 0 aliphatic heterocycles. The number of benzene rings is 1. The number of nitrogens with one attached hydrogen (secondary N) is 2. The van der Waals surface area contributed by atoms with Crippen LogP contribution in [0.3, 0.4) is 0 Å². The van der Waals surface area contributed by atoms with E-state index in [2.05, 4.69) is 33.2 Å². The highest BCUT2D eigenvalue weighted by atomic mass is 127. The molecule has 88 valence electrons. The Morgan fingerprint density at radius 1 is 1.50 bits per heavy atom. The molecule has 0 heterocycles. The molecule has 5 heteroatoms. The molecule has 0 aliphatic carbocycles. The van der Waals surface area contributed by atoms with Crippen LogP contribution in [0.4, 0.5) is 11.4 Å². The Balaban J connectivity index is 2.40. The third-order valence-corrected chi connectivity index (χ3v) is 2.73. The van der Waals surface area contributed by atoms with E-state index in [1.807, 2.05) is 25.1 Å². The summed E-state index contributed by atoms with van der Waals surface area (Å²) in [6, 6.07) is 5.80. The Hall–Kier alpha value is -0.980. The highest BCUT2D eigenvalue weighted by Gasteiger charge is 2.01. The third-order valence-electron chi connectivity index (χ3n) is 2.06. The van der Waals surface area contributed by atoms with Crippen molar-refractivity contribution in [2.24, 2.45) is 0 Å². The molecule has 1 amide bonds. The van der Waals surface area contributed by atoms with Crippen LogP contribution in [-0.4, -0.2) is 19.0 Å². The van der Waals surface area contributed by atoms with Gasteiger partial charge in [-0.05, 0) is 47.7 Å². The van der Waals surface area contributed by atoms with Gasteiger partial charge in [-0.1, -0.05) is 0 Å². The molecule has 0 atom stereocenters. The maximum absolute atomic E-state index is 11.2. The van der Waals surface area contributed by atoms with Crippen molar-refractivity contribution in [2.45, 2.75) is 13.3 Å². The smallest absolute Gasteiger partial charge is 0.221 e. The SMILES string of the molecule is CCNC(=O)CCNc1ccc(I)cc1N. The zero-order valence-corrected chi connectivity index (χ0v) is 11.4. The van der Waals surface area contributed by atoms with Gasteiger partial charge in [0.15, 0.2) is 0 Å². The summed E-state index contributed by atoms with van der Waals surface area (Å²) in [4.78, 5) is 11.2. The Labute approximate surface area is 109 Å². The molecule has 0 saturated heterocycles. The van der Waals surface area contributed by atoms with E-state index >= 15 is 0 Å². The van der Waals surface area contributed by atoms with Gasteiger partial charge in [0.2, 0.25) is 5.91 Å². The van der Waals surface area contributed by atoms with Gasteiger partial charge in [-0.25, -0.2) is 0 Å². The number of rotatable bonds is 5. The molecule has 0 radical (unpaired) electrons. The second-order valence-corrected chi connectivity index (χ2v) is 4.61. The molecule has 0 fully saturated rings. The van der Waals surface area contributed by atoms with E-state index in [0.717, 1.165) is 9.26 Å². The topological polar surface area (TPSA) is 67.2 Å². The number of carbonyl (C=O) groups excluding carboxylic acids is 1. The number of halogens is 1. The van der Waals surface area contributed by atoms with E-state index in [1.54, 1.807) is 0 Å². The summed E-state index contributed by atoms with van der Waals surface area (Å²) in [5.74, 6) is 0.0547. The molecule has 1 rings (SSSR count). The Morgan fingerprint density at radius 3 is 2.88 bits per heavy atom. The van der Waals surface area contributed by atoms with Gasteiger partial charge in [-0.2, -0.15) is 0 Å². The summed E-state index contributed by atoms with van der Waals surface area (Å²) >= 11 is 2.21. The van der Waals surface area contributed by atoms with Gasteiger partial charge in [0.1, 0.15) is 0 Å². The van der Waals surface area contributed by atoms with Gasteiger partial charge in [-0.3, -0.25) is 4.79 Å². The van der Waals surface area contributed by atoms with E-state index in [0.29, 0.717) is 25.2 Å². The predicted octanol–water partition coefficient (Wildman–Crippen LogP) is 1.81. The molecule has 0 aromatic heterocycles. The van der Waals surface area contributed by atoms with Gasteiger partial charge in [0, 0.05) is 23.1 Å². The number of anilines is 2. The monoisotopic (exact) mass is 333 g/mol. The first kappa shape index (κ1) is 13.1. The zero-order valence-electron chi connectivity index (χ0n) is 9.22. The fraction of sp³-hybridized carbons (Fsp3) is 0.364. The summed E-state index contributed by atoms with van der Waals surface area (Å²) in [7, 11) is 0. The minimum atomic E-state index is 0.0547. The molecular weight excluding hydrogens is 317 g/mol. The average molecular weight is 333 g/mol. The molecule has 0 aliphatic rings. The summed E-state index contributed by atoms with van der Waals surface area (Å²) in [5.41, 5.74) is 7.42. The third kappa shape index (κ3) is 4.26. The van der Waals surface area contributed by atoms with Crippen LogP contribution in [-0.2, 0) is 4.79 Å². The van der Waals surface area contributed by atoms with Crippen LogP contribution in [0.2, 0.25) is 0 Å². The Bertz CT molecular complexity index is 368. The standard InChI is InChI=1S/C11H16IN3O/c1-2-14-11(16)5-6-15-10-4-3-8(12)7-9(10)13/h3-4,7,15H,2,5-6,13H2,1H3,(H,14,16). The molecule has 0 saturated carbocycles. The fourth-order valence-electron chi connectivity index (χ4n) is 1.29. The summed E-state index contributed by atoms with van der Waals surface area (Å²) in [6.07, 6.45) is 0.458. The molecular formula is C11H16IN3O. The fourth-order valence-corrected chi connectivity index (χ4v) is 1.81. The van der Waals surface area contributed by atoms with E-state index in [1.165, 1.54) is 0 Å². The van der Waals surface area contributed by atoms with Crippen molar-refractivity contribution in [2.75, 3.05) is 24.1 Å². The van der Waals surface area contributed by atoms with E-state index in [9.17, 15) is 4.79 Å². The van der Waals surface area contributed by atoms with Crippen LogP contribution in [0.25, 0.3) is 0 Å². The lowest BCUT2D eigenvalue weighted by Gasteiger charge is -2.09. The maximum atomic E-state index is 11.2. The van der Waals surface area contributed by atoms with E-state index in [4.69, 9.17) is 5.73 Å². The molecule has 1 aromatic rings. The average Bonchev–Trinajstić information content (AvgIpc) is 2.22. The first-order valence-electron chi connectivity index (χ1n) is 5.19. The predicted molar refractivity (Wildman–Crippen MR) is 75.4 cm³/mol. The summed E-state index contributed by atoms with van der Waals surface area (Å²) < 4.78 is 1.10. The number of hydrogen-bond donors (Lipinski definition) is 3. The normalized spacial score (nSPS) is 9.88. The van der Waals surface area contributed by atoms with Crippen LogP contribution in [0, 0.1) is 3.57 Å². The van der Waals surface area contributed by atoms with Crippen molar-refractivity contribution in [1.82, 2.24) is 5.32 Å².